The summed E-state index contributed by atoms with van der Waals surface area (Å²) in [4.78, 5) is 23.4. The van der Waals surface area contributed by atoms with Crippen molar-refractivity contribution < 1.29 is 14.7 Å². The number of hydrogen-bond acceptors (Lipinski definition) is 3. The summed E-state index contributed by atoms with van der Waals surface area (Å²) < 4.78 is 0. The molecule has 0 heterocycles. The van der Waals surface area contributed by atoms with Gasteiger partial charge in [-0.05, 0) is 56.9 Å². The number of aliphatic carboxylic acids is 1. The number of nitrogens with one attached hydrogen (secondary N) is 1. The van der Waals surface area contributed by atoms with Gasteiger partial charge in [-0.3, -0.25) is 4.79 Å². The zero-order chi connectivity index (χ0) is 25.4. The van der Waals surface area contributed by atoms with Gasteiger partial charge in [0.05, 0.1) is 12.0 Å². The molecule has 4 nitrogen and oxygen atoms in total. The Morgan fingerprint density at radius 1 is 0.743 bits per heavy atom. The molecule has 4 heteroatoms. The first-order valence-electron chi connectivity index (χ1n) is 12.6. The molecule has 0 saturated carbocycles. The Bertz CT molecular complexity index is 876. The number of hydrogen-bond donors (Lipinski definition) is 1. The Morgan fingerprint density at radius 3 is 1.66 bits per heavy atom. The second-order valence-corrected chi connectivity index (χ2v) is 8.08. The van der Waals surface area contributed by atoms with Crippen LogP contribution in [0.1, 0.15) is 63.9 Å². The first-order valence-corrected chi connectivity index (χ1v) is 12.6. The molecule has 0 aliphatic rings. The largest absolute Gasteiger partial charge is 0.548 e. The van der Waals surface area contributed by atoms with Crippen LogP contribution in [-0.2, 0) is 16.0 Å². The van der Waals surface area contributed by atoms with Crippen molar-refractivity contribution in [1.29, 1.82) is 0 Å². The van der Waals surface area contributed by atoms with Gasteiger partial charge >= 0.3 is 0 Å². The highest BCUT2D eigenvalue weighted by Gasteiger charge is 2.13. The maximum absolute atomic E-state index is 12.1. The quantitative estimate of drug-likeness (QED) is 0.268. The minimum absolute atomic E-state index is 0.217. The van der Waals surface area contributed by atoms with Crippen LogP contribution in [0.3, 0.4) is 0 Å². The van der Waals surface area contributed by atoms with Crippen molar-refractivity contribution in [1.82, 2.24) is 5.32 Å². The minimum atomic E-state index is -1.27. The summed E-state index contributed by atoms with van der Waals surface area (Å²) in [5, 5.41) is 13.9. The van der Waals surface area contributed by atoms with E-state index in [1.54, 1.807) is 0 Å². The first-order chi connectivity index (χ1) is 17.1. The summed E-state index contributed by atoms with van der Waals surface area (Å²) in [7, 11) is 0. The highest BCUT2D eigenvalue weighted by Crippen LogP contribution is 2.04. The number of allylic oxidation sites excluding steroid dienone is 12. The topological polar surface area (TPSA) is 69.2 Å². The molecule has 1 aromatic rings. The standard InChI is InChI=1S/C31H41NO3/c1-2-3-4-5-6-7-8-9-10-11-12-13-14-15-16-17-18-19-23-26-30(33)32-29(31(34)35)27-28-24-21-20-22-25-28/h3-4,6-7,9-10,12-13,15-16,18-22,24-25,29H,2,5,8,11,14,17,23,26-27H2,1H3,(H,32,33)(H,34,35)/p-1/b4-3-,7-6-,10-9-,13-12-,16-15-,19-18-/t29-/m0/s1. The van der Waals surface area contributed by atoms with Crippen LogP contribution in [0.5, 0.6) is 0 Å². The van der Waals surface area contributed by atoms with Gasteiger partial charge < -0.3 is 15.2 Å². The van der Waals surface area contributed by atoms with E-state index in [1.165, 1.54) is 0 Å². The van der Waals surface area contributed by atoms with E-state index >= 15 is 0 Å². The van der Waals surface area contributed by atoms with Crippen LogP contribution in [0.15, 0.2) is 103 Å². The van der Waals surface area contributed by atoms with E-state index < -0.39 is 12.0 Å². The molecule has 1 rings (SSSR count). The van der Waals surface area contributed by atoms with Crippen molar-refractivity contribution in [3.63, 3.8) is 0 Å². The van der Waals surface area contributed by atoms with Crippen LogP contribution < -0.4 is 10.4 Å². The molecule has 0 saturated heterocycles. The monoisotopic (exact) mass is 474 g/mol. The third-order valence-electron chi connectivity index (χ3n) is 5.04. The average molecular weight is 475 g/mol. The van der Waals surface area contributed by atoms with Crippen molar-refractivity contribution in [3.05, 3.63) is 109 Å². The van der Waals surface area contributed by atoms with Crippen LogP contribution >= 0.6 is 0 Å². The molecule has 0 radical (unpaired) electrons. The lowest BCUT2D eigenvalue weighted by Crippen LogP contribution is -2.49. The van der Waals surface area contributed by atoms with Crippen LogP contribution in [0.4, 0.5) is 0 Å². The fourth-order valence-corrected chi connectivity index (χ4v) is 3.16. The molecule has 35 heavy (non-hydrogen) atoms. The maximum atomic E-state index is 12.1. The van der Waals surface area contributed by atoms with Gasteiger partial charge in [-0.2, -0.15) is 0 Å². The molecular formula is C31H40NO3-. The highest BCUT2D eigenvalue weighted by molar-refractivity contribution is 5.82. The van der Waals surface area contributed by atoms with E-state index in [9.17, 15) is 14.7 Å². The summed E-state index contributed by atoms with van der Waals surface area (Å²) >= 11 is 0. The predicted octanol–water partition coefficient (Wildman–Crippen LogP) is 5.94. The van der Waals surface area contributed by atoms with Crippen LogP contribution in [-0.4, -0.2) is 17.9 Å². The maximum Gasteiger partial charge on any atom is 0.220 e. The predicted molar refractivity (Wildman–Crippen MR) is 145 cm³/mol. The number of benzene rings is 1. The number of carboxylic acid groups (broad SMARTS) is 1. The highest BCUT2D eigenvalue weighted by atomic mass is 16.4. The van der Waals surface area contributed by atoms with Crippen LogP contribution in [0, 0.1) is 0 Å². The van der Waals surface area contributed by atoms with E-state index in [-0.39, 0.29) is 18.7 Å². The summed E-state index contributed by atoms with van der Waals surface area (Å²) in [6.07, 6.45) is 32.4. The molecule has 1 N–H and O–H groups in total. The van der Waals surface area contributed by atoms with E-state index in [0.717, 1.165) is 44.1 Å². The van der Waals surface area contributed by atoms with Crippen molar-refractivity contribution in [2.24, 2.45) is 0 Å². The Labute approximate surface area is 211 Å². The lowest BCUT2D eigenvalue weighted by Gasteiger charge is -2.19. The van der Waals surface area contributed by atoms with Gasteiger partial charge in [-0.1, -0.05) is 110 Å². The lowest BCUT2D eigenvalue weighted by molar-refractivity contribution is -0.308. The molecule has 0 spiro atoms. The van der Waals surface area contributed by atoms with Crippen LogP contribution in [0.2, 0.25) is 0 Å². The Balaban J connectivity index is 2.10. The number of amides is 1. The molecule has 0 fully saturated rings. The van der Waals surface area contributed by atoms with Gasteiger partial charge in [0, 0.05) is 6.42 Å². The zero-order valence-corrected chi connectivity index (χ0v) is 21.0. The van der Waals surface area contributed by atoms with Gasteiger partial charge in [-0.25, -0.2) is 0 Å². The molecular weight excluding hydrogens is 434 g/mol. The second-order valence-electron chi connectivity index (χ2n) is 8.08. The number of carbonyl (C=O) groups is 2. The summed E-state index contributed by atoms with van der Waals surface area (Å²) in [6.45, 7) is 2.14. The smallest absolute Gasteiger partial charge is 0.220 e. The zero-order valence-electron chi connectivity index (χ0n) is 21.0. The third kappa shape index (κ3) is 17.7. The van der Waals surface area contributed by atoms with E-state index in [1.807, 2.05) is 42.5 Å². The number of rotatable bonds is 18. The number of carbonyl (C=O) groups excluding carboxylic acids is 2. The van der Waals surface area contributed by atoms with E-state index in [2.05, 4.69) is 73.0 Å². The third-order valence-corrected chi connectivity index (χ3v) is 5.04. The molecule has 1 aromatic carbocycles. The molecule has 0 aliphatic heterocycles. The van der Waals surface area contributed by atoms with Gasteiger partial charge in [0.25, 0.3) is 0 Å². The normalized spacial score (nSPS) is 13.3. The SMILES string of the molecule is CC/C=C\C/C=C\C/C=C\C/C=C\C/C=C\C/C=C\CCC(=O)N[C@@H](Cc1ccccc1)C(=O)[O-]. The minimum Gasteiger partial charge on any atom is -0.548 e. The molecule has 0 bridgehead atoms. The van der Waals surface area contributed by atoms with Gasteiger partial charge in [0.2, 0.25) is 5.91 Å². The van der Waals surface area contributed by atoms with Crippen molar-refractivity contribution in [2.45, 2.75) is 70.8 Å². The summed E-state index contributed by atoms with van der Waals surface area (Å²) in [5.74, 6) is -1.55. The Kier molecular flexibility index (Phi) is 17.9. The summed E-state index contributed by atoms with van der Waals surface area (Å²) in [5.41, 5.74) is 0.846. The first kappa shape index (κ1) is 29.6. The molecule has 0 unspecified atom stereocenters. The summed E-state index contributed by atoms with van der Waals surface area (Å²) in [6, 6.07) is 8.19. The average Bonchev–Trinajstić information content (AvgIpc) is 2.85. The van der Waals surface area contributed by atoms with Crippen LogP contribution in [0.25, 0.3) is 0 Å². The van der Waals surface area contributed by atoms with Gasteiger partial charge in [0.15, 0.2) is 0 Å². The van der Waals surface area contributed by atoms with Crippen molar-refractivity contribution in [2.75, 3.05) is 0 Å². The lowest BCUT2D eigenvalue weighted by atomic mass is 10.1. The van der Waals surface area contributed by atoms with Gasteiger partial charge in [0.1, 0.15) is 0 Å². The number of carboxylic acids is 1. The molecule has 1 amide bonds. The fourth-order valence-electron chi connectivity index (χ4n) is 3.16. The molecule has 0 aliphatic carbocycles. The van der Waals surface area contributed by atoms with Crippen molar-refractivity contribution >= 4 is 11.9 Å². The van der Waals surface area contributed by atoms with E-state index in [4.69, 9.17) is 0 Å². The fraction of sp³-hybridized carbons (Fsp3) is 0.355. The Morgan fingerprint density at radius 2 is 1.20 bits per heavy atom. The van der Waals surface area contributed by atoms with E-state index in [0.29, 0.717) is 6.42 Å². The second kappa shape index (κ2) is 21.2. The molecule has 1 atom stereocenters. The van der Waals surface area contributed by atoms with Crippen molar-refractivity contribution in [3.8, 4) is 0 Å². The molecule has 188 valence electrons. The Hall–Kier alpha value is -3.40. The van der Waals surface area contributed by atoms with Gasteiger partial charge in [-0.15, -0.1) is 0 Å². The molecule has 0 aromatic heterocycles.